The molecular formula is C10H21N5S. The fourth-order valence-electron chi connectivity index (χ4n) is 1.28. The van der Waals surface area contributed by atoms with Crippen LogP contribution in [0.15, 0.2) is 0 Å². The molecule has 6 heteroatoms. The van der Waals surface area contributed by atoms with Crippen LogP contribution in [-0.2, 0) is 13.1 Å². The number of hydrogen-bond donors (Lipinski definition) is 1. The second kappa shape index (κ2) is 6.85. The summed E-state index contributed by atoms with van der Waals surface area (Å²) < 4.78 is 1.88. The van der Waals surface area contributed by atoms with E-state index in [1.807, 2.05) is 16.4 Å². The van der Waals surface area contributed by atoms with Crippen molar-refractivity contribution in [3.63, 3.8) is 0 Å². The van der Waals surface area contributed by atoms with Crippen molar-refractivity contribution in [2.45, 2.75) is 39.1 Å². The van der Waals surface area contributed by atoms with Gasteiger partial charge in [-0.2, -0.15) is 11.8 Å². The van der Waals surface area contributed by atoms with Gasteiger partial charge in [-0.05, 0) is 29.1 Å². The predicted molar refractivity (Wildman–Crippen MR) is 67.3 cm³/mol. The lowest BCUT2D eigenvalue weighted by atomic mass is 10.2. The third kappa shape index (κ3) is 4.49. The van der Waals surface area contributed by atoms with Gasteiger partial charge in [0.25, 0.3) is 0 Å². The molecule has 1 unspecified atom stereocenters. The Kier molecular flexibility index (Phi) is 5.76. The zero-order chi connectivity index (χ0) is 12.0. The van der Waals surface area contributed by atoms with Gasteiger partial charge in [-0.15, -0.1) is 5.10 Å². The maximum Gasteiger partial charge on any atom is 0.165 e. The average molecular weight is 243 g/mol. The smallest absolute Gasteiger partial charge is 0.165 e. The van der Waals surface area contributed by atoms with Gasteiger partial charge in [-0.1, -0.05) is 20.8 Å². The quantitative estimate of drug-likeness (QED) is 0.779. The van der Waals surface area contributed by atoms with Gasteiger partial charge in [0.2, 0.25) is 0 Å². The summed E-state index contributed by atoms with van der Waals surface area (Å²) in [6, 6.07) is 0. The largest absolute Gasteiger partial charge is 0.310 e. The Morgan fingerprint density at radius 3 is 2.75 bits per heavy atom. The fourth-order valence-corrected chi connectivity index (χ4v) is 1.57. The Balaban J connectivity index is 2.44. The molecule has 0 bridgehead atoms. The van der Waals surface area contributed by atoms with Crippen molar-refractivity contribution in [3.05, 3.63) is 5.82 Å². The molecule has 1 N–H and O–H groups in total. The van der Waals surface area contributed by atoms with E-state index in [1.54, 1.807) is 0 Å². The number of hydrogen-bond acceptors (Lipinski definition) is 5. The van der Waals surface area contributed by atoms with Crippen LogP contribution in [0.4, 0.5) is 0 Å². The first-order chi connectivity index (χ1) is 7.63. The molecule has 5 nitrogen and oxygen atoms in total. The van der Waals surface area contributed by atoms with Crippen LogP contribution < -0.4 is 5.32 Å². The molecule has 1 aromatic rings. The summed E-state index contributed by atoms with van der Waals surface area (Å²) in [7, 11) is 0. The molecule has 0 aromatic carbocycles. The minimum absolute atomic E-state index is 0.535. The third-order valence-electron chi connectivity index (χ3n) is 2.27. The van der Waals surface area contributed by atoms with E-state index in [2.05, 4.69) is 47.9 Å². The highest BCUT2D eigenvalue weighted by atomic mass is 32.2. The summed E-state index contributed by atoms with van der Waals surface area (Å²) in [5.74, 6) is 1.57. The van der Waals surface area contributed by atoms with Crippen molar-refractivity contribution in [3.8, 4) is 0 Å². The van der Waals surface area contributed by atoms with Crippen molar-refractivity contribution in [1.82, 2.24) is 25.5 Å². The predicted octanol–water partition coefficient (Wildman–Crippen LogP) is 1.17. The summed E-state index contributed by atoms with van der Waals surface area (Å²) >= 11 is 1.82. The molecule has 0 fully saturated rings. The Morgan fingerprint density at radius 2 is 2.12 bits per heavy atom. The van der Waals surface area contributed by atoms with Gasteiger partial charge >= 0.3 is 0 Å². The van der Waals surface area contributed by atoms with Crippen molar-refractivity contribution < 1.29 is 0 Å². The minimum Gasteiger partial charge on any atom is -0.310 e. The van der Waals surface area contributed by atoms with Crippen molar-refractivity contribution in [1.29, 1.82) is 0 Å². The number of thioether (sulfide) groups is 1. The van der Waals surface area contributed by atoms with E-state index in [-0.39, 0.29) is 0 Å². The molecule has 0 amide bonds. The van der Waals surface area contributed by atoms with Gasteiger partial charge in [0.1, 0.15) is 0 Å². The van der Waals surface area contributed by atoms with E-state index in [0.29, 0.717) is 11.2 Å². The van der Waals surface area contributed by atoms with Crippen LogP contribution in [0.1, 0.15) is 26.6 Å². The van der Waals surface area contributed by atoms with Crippen LogP contribution in [0, 0.1) is 5.92 Å². The Hall–Kier alpha value is -0.620. The van der Waals surface area contributed by atoms with Crippen LogP contribution in [0.2, 0.25) is 0 Å². The summed E-state index contributed by atoms with van der Waals surface area (Å²) in [6.07, 6.45) is 2.10. The highest BCUT2D eigenvalue weighted by Gasteiger charge is 2.08. The van der Waals surface area contributed by atoms with E-state index in [1.165, 1.54) is 0 Å². The first-order valence-corrected chi connectivity index (χ1v) is 6.90. The fraction of sp³-hybridized carbons (Fsp3) is 0.900. The molecule has 16 heavy (non-hydrogen) atoms. The lowest BCUT2D eigenvalue weighted by molar-refractivity contribution is 0.509. The maximum atomic E-state index is 4.03. The van der Waals surface area contributed by atoms with Gasteiger partial charge in [0, 0.05) is 5.25 Å². The van der Waals surface area contributed by atoms with Crippen molar-refractivity contribution >= 4 is 11.8 Å². The standard InChI is InChI=1S/C10H21N5S/c1-8(2)5-11-6-10-12-13-14-15(10)7-9(3)16-4/h8-9,11H,5-7H2,1-4H3. The number of tetrazole rings is 1. The summed E-state index contributed by atoms with van der Waals surface area (Å²) in [5, 5.41) is 15.6. The molecule has 1 heterocycles. The van der Waals surface area contributed by atoms with Gasteiger partial charge in [0.15, 0.2) is 5.82 Å². The molecule has 0 saturated carbocycles. The molecule has 0 saturated heterocycles. The summed E-state index contributed by atoms with van der Waals surface area (Å²) in [5.41, 5.74) is 0. The third-order valence-corrected chi connectivity index (χ3v) is 3.23. The molecular weight excluding hydrogens is 222 g/mol. The molecule has 0 aliphatic carbocycles. The molecule has 1 rings (SSSR count). The van der Waals surface area contributed by atoms with E-state index < -0.39 is 0 Å². The second-order valence-corrected chi connectivity index (χ2v) is 5.62. The summed E-state index contributed by atoms with van der Waals surface area (Å²) in [6.45, 7) is 9.15. The van der Waals surface area contributed by atoms with Crippen LogP contribution in [0.5, 0.6) is 0 Å². The van der Waals surface area contributed by atoms with Gasteiger partial charge < -0.3 is 5.32 Å². The molecule has 1 atom stereocenters. The molecule has 0 aliphatic heterocycles. The van der Waals surface area contributed by atoms with E-state index in [4.69, 9.17) is 0 Å². The van der Waals surface area contributed by atoms with Crippen LogP contribution in [0.25, 0.3) is 0 Å². The molecule has 0 radical (unpaired) electrons. The molecule has 0 aliphatic rings. The topological polar surface area (TPSA) is 55.6 Å². The SMILES string of the molecule is CSC(C)Cn1nnnc1CNCC(C)C. The average Bonchev–Trinajstić information content (AvgIpc) is 2.65. The Labute approximate surface area is 101 Å². The van der Waals surface area contributed by atoms with Gasteiger partial charge in [0.05, 0.1) is 13.1 Å². The van der Waals surface area contributed by atoms with Crippen LogP contribution in [0.3, 0.4) is 0 Å². The lowest BCUT2D eigenvalue weighted by Gasteiger charge is -2.10. The summed E-state index contributed by atoms with van der Waals surface area (Å²) in [4.78, 5) is 0. The highest BCUT2D eigenvalue weighted by molar-refractivity contribution is 7.99. The first-order valence-electron chi connectivity index (χ1n) is 5.62. The van der Waals surface area contributed by atoms with Crippen molar-refractivity contribution in [2.75, 3.05) is 12.8 Å². The minimum atomic E-state index is 0.535. The van der Waals surface area contributed by atoms with Crippen LogP contribution in [-0.4, -0.2) is 38.3 Å². The second-order valence-electron chi connectivity index (χ2n) is 4.35. The monoisotopic (exact) mass is 243 g/mol. The first kappa shape index (κ1) is 13.4. The van der Waals surface area contributed by atoms with Crippen LogP contribution >= 0.6 is 11.8 Å². The molecule has 1 aromatic heterocycles. The van der Waals surface area contributed by atoms with E-state index >= 15 is 0 Å². The zero-order valence-electron chi connectivity index (χ0n) is 10.5. The normalized spacial score (nSPS) is 13.3. The molecule has 0 spiro atoms. The number of aromatic nitrogens is 4. The Bertz CT molecular complexity index is 299. The number of rotatable bonds is 7. The van der Waals surface area contributed by atoms with Gasteiger partial charge in [-0.3, -0.25) is 0 Å². The number of nitrogens with one attached hydrogen (secondary N) is 1. The molecule has 92 valence electrons. The van der Waals surface area contributed by atoms with E-state index in [0.717, 1.165) is 25.5 Å². The number of nitrogens with zero attached hydrogens (tertiary/aromatic N) is 4. The van der Waals surface area contributed by atoms with E-state index in [9.17, 15) is 0 Å². The highest BCUT2D eigenvalue weighted by Crippen LogP contribution is 2.07. The maximum absolute atomic E-state index is 4.03. The Morgan fingerprint density at radius 1 is 1.38 bits per heavy atom. The zero-order valence-corrected chi connectivity index (χ0v) is 11.3. The van der Waals surface area contributed by atoms with Crippen molar-refractivity contribution in [2.24, 2.45) is 5.92 Å². The lowest BCUT2D eigenvalue weighted by Crippen LogP contribution is -2.23. The van der Waals surface area contributed by atoms with Gasteiger partial charge in [-0.25, -0.2) is 4.68 Å².